The number of hydrogen-bond donors (Lipinski definition) is 1. The number of aryl methyl sites for hydroxylation is 1. The number of carbonyl (C=O) groups is 3. The van der Waals surface area contributed by atoms with Crippen molar-refractivity contribution in [3.8, 4) is 17.0 Å². The lowest BCUT2D eigenvalue weighted by Crippen LogP contribution is -2.14. The summed E-state index contributed by atoms with van der Waals surface area (Å²) in [6.45, 7) is -0.362. The number of fused-ring (bicyclic) bond motifs is 1. The summed E-state index contributed by atoms with van der Waals surface area (Å²) < 4.78 is 17.2. The number of methoxy groups -OCH3 is 2. The normalized spacial score (nSPS) is 10.7. The first-order valence-corrected chi connectivity index (χ1v) is 11.0. The Kier molecular flexibility index (Phi) is 6.60. The summed E-state index contributed by atoms with van der Waals surface area (Å²) in [7, 11) is 4.25. The summed E-state index contributed by atoms with van der Waals surface area (Å²) in [5.74, 6) is -0.780. The van der Waals surface area contributed by atoms with Gasteiger partial charge in [-0.3, -0.25) is 9.48 Å². The zero-order chi connectivity index (χ0) is 24.2. The van der Waals surface area contributed by atoms with Crippen molar-refractivity contribution in [2.24, 2.45) is 7.05 Å². The van der Waals surface area contributed by atoms with Crippen LogP contribution in [0.1, 0.15) is 20.0 Å². The second kappa shape index (κ2) is 9.75. The van der Waals surface area contributed by atoms with Crippen LogP contribution in [0.4, 0.5) is 5.82 Å². The third-order valence-electron chi connectivity index (χ3n) is 5.03. The highest BCUT2D eigenvalue weighted by atomic mass is 32.1. The number of nitrogens with zero attached hydrogens (tertiary/aromatic N) is 2. The monoisotopic (exact) mass is 479 g/mol. The minimum absolute atomic E-state index is 0.193. The van der Waals surface area contributed by atoms with Gasteiger partial charge in [-0.05, 0) is 18.2 Å². The van der Waals surface area contributed by atoms with Crippen LogP contribution in [0, 0.1) is 0 Å². The van der Waals surface area contributed by atoms with Crippen molar-refractivity contribution >= 4 is 45.1 Å². The summed E-state index contributed by atoms with van der Waals surface area (Å²) in [6.07, 6.45) is 0. The molecule has 1 amide bonds. The number of ether oxygens (including phenoxy) is 3. The van der Waals surface area contributed by atoms with Crippen LogP contribution >= 0.6 is 11.3 Å². The van der Waals surface area contributed by atoms with Gasteiger partial charge in [-0.15, -0.1) is 11.3 Å². The molecule has 10 heteroatoms. The van der Waals surface area contributed by atoms with E-state index >= 15 is 0 Å². The quantitative estimate of drug-likeness (QED) is 0.401. The Morgan fingerprint density at radius 1 is 1.03 bits per heavy atom. The number of nitrogens with one attached hydrogen (secondary N) is 1. The van der Waals surface area contributed by atoms with Crippen molar-refractivity contribution < 1.29 is 28.6 Å². The minimum Gasteiger partial charge on any atom is -0.479 e. The third-order valence-corrected chi connectivity index (χ3v) is 6.14. The van der Waals surface area contributed by atoms with Gasteiger partial charge in [0.2, 0.25) is 0 Å². The molecule has 0 bridgehead atoms. The zero-order valence-corrected chi connectivity index (χ0v) is 19.5. The molecule has 34 heavy (non-hydrogen) atoms. The van der Waals surface area contributed by atoms with Gasteiger partial charge >= 0.3 is 11.9 Å². The van der Waals surface area contributed by atoms with E-state index in [0.29, 0.717) is 21.5 Å². The number of anilines is 1. The van der Waals surface area contributed by atoms with E-state index in [4.69, 9.17) is 9.47 Å². The summed E-state index contributed by atoms with van der Waals surface area (Å²) in [5.41, 5.74) is 2.06. The van der Waals surface area contributed by atoms with Crippen LogP contribution in [0.3, 0.4) is 0 Å². The molecule has 1 N–H and O–H groups in total. The zero-order valence-electron chi connectivity index (χ0n) is 18.7. The fraction of sp³-hybridized carbons (Fsp3) is 0.167. The molecule has 0 atom stereocenters. The lowest BCUT2D eigenvalue weighted by atomic mass is 10.1. The lowest BCUT2D eigenvalue weighted by Gasteiger charge is -2.07. The van der Waals surface area contributed by atoms with E-state index < -0.39 is 11.9 Å². The van der Waals surface area contributed by atoms with Gasteiger partial charge in [0.05, 0.1) is 19.9 Å². The molecule has 0 spiro atoms. The van der Waals surface area contributed by atoms with Crippen molar-refractivity contribution in [2.75, 3.05) is 26.1 Å². The van der Waals surface area contributed by atoms with Crippen LogP contribution in [0.25, 0.3) is 21.3 Å². The molecule has 0 radical (unpaired) electrons. The van der Waals surface area contributed by atoms with E-state index in [1.165, 1.54) is 14.2 Å². The Labute approximate surface area is 198 Å². The van der Waals surface area contributed by atoms with Crippen LogP contribution < -0.4 is 10.1 Å². The van der Waals surface area contributed by atoms with Gasteiger partial charge in [0, 0.05) is 34.3 Å². The molecule has 0 aliphatic rings. The van der Waals surface area contributed by atoms with Crippen LogP contribution in [0.15, 0.2) is 54.6 Å². The fourth-order valence-corrected chi connectivity index (χ4v) is 4.40. The number of carbonyl (C=O) groups excluding carboxylic acids is 3. The van der Waals surface area contributed by atoms with Crippen molar-refractivity contribution in [1.82, 2.24) is 9.78 Å². The van der Waals surface area contributed by atoms with Gasteiger partial charge in [-0.2, -0.15) is 5.10 Å². The molecule has 0 aliphatic carbocycles. The molecule has 2 aromatic heterocycles. The molecule has 4 aromatic rings. The molecule has 0 fully saturated rings. The average Bonchev–Trinajstić information content (AvgIpc) is 3.42. The largest absolute Gasteiger partial charge is 0.479 e. The van der Waals surface area contributed by atoms with Crippen LogP contribution in [0.5, 0.6) is 5.75 Å². The van der Waals surface area contributed by atoms with Gasteiger partial charge in [0.1, 0.15) is 5.82 Å². The maximum absolute atomic E-state index is 13.0. The highest BCUT2D eigenvalue weighted by molar-refractivity contribution is 7.21. The van der Waals surface area contributed by atoms with E-state index in [0.717, 1.165) is 22.6 Å². The molecular formula is C24H21N3O6S. The Bertz CT molecular complexity index is 1380. The molecule has 2 heterocycles. The molecule has 0 unspecified atom stereocenters. The predicted octanol–water partition coefficient (Wildman–Crippen LogP) is 3.89. The number of rotatable bonds is 7. The van der Waals surface area contributed by atoms with Gasteiger partial charge < -0.3 is 19.5 Å². The SMILES string of the molecule is COC(=O)COc1c(C(=O)OC)sc2cc(C(=O)Nc3cc(-c4ccccc4)nn3C)ccc12. The lowest BCUT2D eigenvalue weighted by molar-refractivity contribution is -0.142. The number of hydrogen-bond acceptors (Lipinski definition) is 8. The van der Waals surface area contributed by atoms with Gasteiger partial charge in [-0.1, -0.05) is 30.3 Å². The first-order chi connectivity index (χ1) is 16.4. The highest BCUT2D eigenvalue weighted by Crippen LogP contribution is 2.39. The standard InChI is InChI=1S/C24H21N3O6S/c1-27-19(12-17(26-27)14-7-5-4-6-8-14)25-23(29)15-9-10-16-18(11-15)34-22(24(30)32-3)21(16)33-13-20(28)31-2/h4-12H,13H2,1-3H3,(H,25,29). The van der Waals surface area contributed by atoms with Gasteiger partial charge in [0.15, 0.2) is 17.2 Å². The molecule has 0 aliphatic heterocycles. The average molecular weight is 480 g/mol. The number of thiophene rings is 1. The minimum atomic E-state index is -0.601. The van der Waals surface area contributed by atoms with Crippen molar-refractivity contribution in [2.45, 2.75) is 0 Å². The second-order valence-corrected chi connectivity index (χ2v) is 8.24. The number of benzene rings is 2. The van der Waals surface area contributed by atoms with E-state index in [2.05, 4.69) is 15.2 Å². The Balaban J connectivity index is 1.61. The maximum atomic E-state index is 13.0. The summed E-state index contributed by atoms with van der Waals surface area (Å²) in [4.78, 5) is 36.9. The molecule has 0 saturated heterocycles. The molecule has 174 valence electrons. The first-order valence-electron chi connectivity index (χ1n) is 10.2. The van der Waals surface area contributed by atoms with Crippen molar-refractivity contribution in [3.05, 3.63) is 65.0 Å². The molecule has 2 aromatic carbocycles. The van der Waals surface area contributed by atoms with Gasteiger partial charge in [-0.25, -0.2) is 9.59 Å². The summed E-state index contributed by atoms with van der Waals surface area (Å²) in [6, 6.07) is 16.4. The topological polar surface area (TPSA) is 109 Å². The number of esters is 2. The maximum Gasteiger partial charge on any atom is 0.351 e. The number of amides is 1. The molecular weight excluding hydrogens is 458 g/mol. The van der Waals surface area contributed by atoms with E-state index in [9.17, 15) is 14.4 Å². The summed E-state index contributed by atoms with van der Waals surface area (Å²) in [5, 5.41) is 7.91. The highest BCUT2D eigenvalue weighted by Gasteiger charge is 2.23. The molecule has 0 saturated carbocycles. The smallest absolute Gasteiger partial charge is 0.351 e. The molecule has 9 nitrogen and oxygen atoms in total. The first kappa shape index (κ1) is 23.0. The fourth-order valence-electron chi connectivity index (χ4n) is 3.30. The third kappa shape index (κ3) is 4.62. The van der Waals surface area contributed by atoms with Gasteiger partial charge in [0.25, 0.3) is 5.91 Å². The van der Waals surface area contributed by atoms with E-state index in [-0.39, 0.29) is 23.1 Å². The van der Waals surface area contributed by atoms with Crippen LogP contribution in [-0.4, -0.2) is 48.5 Å². The Hall–Kier alpha value is -4.18. The van der Waals surface area contributed by atoms with E-state index in [1.54, 1.807) is 36.0 Å². The van der Waals surface area contributed by atoms with Crippen molar-refractivity contribution in [3.63, 3.8) is 0 Å². The van der Waals surface area contributed by atoms with Crippen LogP contribution in [-0.2, 0) is 21.3 Å². The van der Waals surface area contributed by atoms with Crippen molar-refractivity contribution in [1.29, 1.82) is 0 Å². The Morgan fingerprint density at radius 2 is 1.79 bits per heavy atom. The Morgan fingerprint density at radius 3 is 2.50 bits per heavy atom. The van der Waals surface area contributed by atoms with E-state index in [1.807, 2.05) is 30.3 Å². The molecule has 4 rings (SSSR count). The van der Waals surface area contributed by atoms with Crippen LogP contribution in [0.2, 0.25) is 0 Å². The predicted molar refractivity (Wildman–Crippen MR) is 127 cm³/mol. The summed E-state index contributed by atoms with van der Waals surface area (Å²) >= 11 is 1.11. The number of aromatic nitrogens is 2. The second-order valence-electron chi connectivity index (χ2n) is 7.19.